The van der Waals surface area contributed by atoms with Gasteiger partial charge in [-0.3, -0.25) is 9.59 Å². The van der Waals surface area contributed by atoms with Crippen LogP contribution in [0.4, 0.5) is 10.5 Å². The van der Waals surface area contributed by atoms with Crippen LogP contribution in [0.1, 0.15) is 24.1 Å². The van der Waals surface area contributed by atoms with Gasteiger partial charge in [0.25, 0.3) is 5.91 Å². The molecule has 0 aliphatic carbocycles. The van der Waals surface area contributed by atoms with Crippen molar-refractivity contribution in [2.45, 2.75) is 19.4 Å². The average molecular weight is 381 g/mol. The number of nitrogens with zero attached hydrogens (tertiary/aromatic N) is 1. The Balaban J connectivity index is 1.76. The lowest BCUT2D eigenvalue weighted by atomic mass is 10.1. The molecule has 7 nitrogen and oxygen atoms in total. The van der Waals surface area contributed by atoms with Gasteiger partial charge in [0, 0.05) is 12.2 Å². The van der Waals surface area contributed by atoms with Crippen LogP contribution >= 0.6 is 0 Å². The molecule has 0 fully saturated rings. The van der Waals surface area contributed by atoms with Gasteiger partial charge >= 0.3 is 12.0 Å². The average Bonchev–Trinajstić information content (AvgIpc) is 3.15. The minimum absolute atomic E-state index is 0.220. The zero-order valence-corrected chi connectivity index (χ0v) is 15.7. The van der Waals surface area contributed by atoms with Gasteiger partial charge in [0.05, 0.1) is 6.61 Å². The van der Waals surface area contributed by atoms with Gasteiger partial charge in [-0.05, 0) is 30.5 Å². The molecular weight excluding hydrogens is 358 g/mol. The molecule has 146 valence electrons. The third-order valence-corrected chi connectivity index (χ3v) is 4.51. The van der Waals surface area contributed by atoms with Gasteiger partial charge in [0.2, 0.25) is 0 Å². The highest BCUT2D eigenvalue weighted by Gasteiger charge is 2.32. The number of urea groups is 1. The molecule has 1 aliphatic rings. The number of fused-ring (bicyclic) bond motifs is 1. The number of para-hydroxylation sites is 1. The van der Waals surface area contributed by atoms with Crippen LogP contribution in [0.15, 0.2) is 54.6 Å². The molecule has 0 saturated carbocycles. The van der Waals surface area contributed by atoms with Crippen LogP contribution in [0.25, 0.3) is 0 Å². The number of rotatable bonds is 6. The van der Waals surface area contributed by atoms with E-state index < -0.39 is 18.0 Å². The molecule has 3 rings (SSSR count). The lowest BCUT2D eigenvalue weighted by Gasteiger charge is -2.25. The van der Waals surface area contributed by atoms with Crippen molar-refractivity contribution >= 4 is 23.6 Å². The highest BCUT2D eigenvalue weighted by Crippen LogP contribution is 2.30. The maximum absolute atomic E-state index is 13.3. The summed E-state index contributed by atoms with van der Waals surface area (Å²) in [6, 6.07) is 15.3. The zero-order valence-electron chi connectivity index (χ0n) is 15.7. The molecule has 1 heterocycles. The topological polar surface area (TPSA) is 87.7 Å². The third-order valence-electron chi connectivity index (χ3n) is 4.51. The van der Waals surface area contributed by atoms with E-state index in [4.69, 9.17) is 4.74 Å². The van der Waals surface area contributed by atoms with Crippen LogP contribution in [0.3, 0.4) is 0 Å². The molecule has 2 aromatic carbocycles. The number of anilines is 1. The number of amides is 3. The van der Waals surface area contributed by atoms with Gasteiger partial charge in [-0.1, -0.05) is 48.5 Å². The summed E-state index contributed by atoms with van der Waals surface area (Å²) in [6.45, 7) is 2.23. The van der Waals surface area contributed by atoms with Crippen molar-refractivity contribution in [3.63, 3.8) is 0 Å². The van der Waals surface area contributed by atoms with E-state index in [0.717, 1.165) is 17.7 Å². The second-order valence-corrected chi connectivity index (χ2v) is 6.34. The maximum Gasteiger partial charge on any atom is 0.325 e. The summed E-state index contributed by atoms with van der Waals surface area (Å²) < 4.78 is 4.79. The Hall–Kier alpha value is -3.35. The Morgan fingerprint density at radius 1 is 1.07 bits per heavy atom. The number of hydrogen-bond acceptors (Lipinski definition) is 4. The van der Waals surface area contributed by atoms with E-state index in [2.05, 4.69) is 10.6 Å². The fraction of sp³-hybridized carbons (Fsp3) is 0.286. The highest BCUT2D eigenvalue weighted by atomic mass is 16.5. The molecular formula is C21H23N3O4. The number of ether oxygens (including phenoxy) is 1. The molecule has 7 heteroatoms. The van der Waals surface area contributed by atoms with Crippen LogP contribution in [0.5, 0.6) is 0 Å². The van der Waals surface area contributed by atoms with Crippen molar-refractivity contribution in [2.24, 2.45) is 0 Å². The van der Waals surface area contributed by atoms with Crippen LogP contribution in [-0.2, 0) is 20.7 Å². The summed E-state index contributed by atoms with van der Waals surface area (Å²) >= 11 is 0. The fourth-order valence-corrected chi connectivity index (χ4v) is 3.20. The Morgan fingerprint density at radius 3 is 2.54 bits per heavy atom. The van der Waals surface area contributed by atoms with E-state index in [1.54, 1.807) is 24.0 Å². The fourth-order valence-electron chi connectivity index (χ4n) is 3.20. The van der Waals surface area contributed by atoms with Gasteiger partial charge in [-0.25, -0.2) is 4.79 Å². The summed E-state index contributed by atoms with van der Waals surface area (Å²) in [5, 5.41) is 5.13. The molecule has 1 atom stereocenters. The van der Waals surface area contributed by atoms with Gasteiger partial charge in [0.15, 0.2) is 0 Å². The van der Waals surface area contributed by atoms with Crippen LogP contribution < -0.4 is 15.5 Å². The molecule has 0 spiro atoms. The lowest BCUT2D eigenvalue weighted by Crippen LogP contribution is -2.47. The largest absolute Gasteiger partial charge is 0.465 e. The number of esters is 1. The van der Waals surface area contributed by atoms with Crippen molar-refractivity contribution in [3.8, 4) is 0 Å². The predicted octanol–water partition coefficient (Wildman–Crippen LogP) is 2.18. The van der Waals surface area contributed by atoms with Gasteiger partial charge in [0.1, 0.15) is 12.6 Å². The Morgan fingerprint density at radius 2 is 1.79 bits per heavy atom. The Bertz CT molecular complexity index is 854. The standard InChI is InChI=1S/C21H23N3O4/c1-2-28-18(25)14-22-21(27)23-19(16-9-4-3-5-10-16)20(26)24-13-12-15-8-6-7-11-17(15)24/h3-11,19H,2,12-14H2,1H3,(H2,22,23,27)/t19-/m0/s1. The van der Waals surface area contributed by atoms with Crippen LogP contribution in [0, 0.1) is 0 Å². The van der Waals surface area contributed by atoms with Crippen LogP contribution in [-0.4, -0.2) is 37.6 Å². The number of carbonyl (C=O) groups excluding carboxylic acids is 3. The van der Waals surface area contributed by atoms with Crippen molar-refractivity contribution in [1.82, 2.24) is 10.6 Å². The second kappa shape index (κ2) is 9.03. The van der Waals surface area contributed by atoms with E-state index in [1.165, 1.54) is 0 Å². The minimum Gasteiger partial charge on any atom is -0.465 e. The number of benzene rings is 2. The van der Waals surface area contributed by atoms with E-state index in [1.807, 2.05) is 42.5 Å². The SMILES string of the molecule is CCOC(=O)CNC(=O)N[C@H](C(=O)N1CCc2ccccc21)c1ccccc1. The van der Waals surface area contributed by atoms with Gasteiger partial charge in [-0.2, -0.15) is 0 Å². The molecule has 0 bridgehead atoms. The molecule has 1 aliphatic heterocycles. The van der Waals surface area contributed by atoms with Gasteiger partial charge < -0.3 is 20.3 Å². The zero-order chi connectivity index (χ0) is 19.9. The molecule has 0 unspecified atom stereocenters. The smallest absolute Gasteiger partial charge is 0.325 e. The molecule has 3 amide bonds. The molecule has 0 saturated heterocycles. The summed E-state index contributed by atoms with van der Waals surface area (Å²) in [5.41, 5.74) is 2.64. The normalized spacial score (nSPS) is 13.4. The van der Waals surface area contributed by atoms with Crippen LogP contribution in [0.2, 0.25) is 0 Å². The molecule has 2 aromatic rings. The first kappa shape index (κ1) is 19.4. The highest BCUT2D eigenvalue weighted by molar-refractivity contribution is 6.01. The van der Waals surface area contributed by atoms with Crippen molar-refractivity contribution in [2.75, 3.05) is 24.6 Å². The number of hydrogen-bond donors (Lipinski definition) is 2. The van der Waals surface area contributed by atoms with Crippen molar-refractivity contribution in [3.05, 3.63) is 65.7 Å². The van der Waals surface area contributed by atoms with Crippen molar-refractivity contribution in [1.29, 1.82) is 0 Å². The van der Waals surface area contributed by atoms with E-state index in [0.29, 0.717) is 12.1 Å². The molecule has 2 N–H and O–H groups in total. The van der Waals surface area contributed by atoms with Crippen molar-refractivity contribution < 1.29 is 19.1 Å². The summed E-state index contributed by atoms with van der Waals surface area (Å²) in [5.74, 6) is -0.754. The maximum atomic E-state index is 13.3. The van der Waals surface area contributed by atoms with E-state index in [-0.39, 0.29) is 19.1 Å². The Kier molecular flexibility index (Phi) is 6.26. The molecule has 0 radical (unpaired) electrons. The van der Waals surface area contributed by atoms with E-state index >= 15 is 0 Å². The first-order valence-corrected chi connectivity index (χ1v) is 9.24. The number of nitrogens with one attached hydrogen (secondary N) is 2. The first-order chi connectivity index (χ1) is 13.6. The first-order valence-electron chi connectivity index (χ1n) is 9.24. The summed E-state index contributed by atoms with van der Waals surface area (Å²) in [7, 11) is 0. The number of carbonyl (C=O) groups is 3. The monoisotopic (exact) mass is 381 g/mol. The third kappa shape index (κ3) is 4.49. The summed E-state index contributed by atoms with van der Waals surface area (Å²) in [4.78, 5) is 38.7. The summed E-state index contributed by atoms with van der Waals surface area (Å²) in [6.07, 6.45) is 0.776. The molecule has 28 heavy (non-hydrogen) atoms. The molecule has 0 aromatic heterocycles. The Labute approximate surface area is 163 Å². The van der Waals surface area contributed by atoms with Gasteiger partial charge in [-0.15, -0.1) is 0 Å². The van der Waals surface area contributed by atoms with E-state index in [9.17, 15) is 14.4 Å². The quantitative estimate of drug-likeness (QED) is 0.751. The predicted molar refractivity (Wildman–Crippen MR) is 105 cm³/mol. The minimum atomic E-state index is -0.866. The lowest BCUT2D eigenvalue weighted by molar-refractivity contribution is -0.141. The second-order valence-electron chi connectivity index (χ2n) is 6.34.